The minimum Gasteiger partial charge on any atom is -0.493 e. The molecule has 2 rings (SSSR count). The highest BCUT2D eigenvalue weighted by Crippen LogP contribution is 2.27. The van der Waals surface area contributed by atoms with Gasteiger partial charge in [-0.25, -0.2) is 0 Å². The molecule has 1 fully saturated rings. The first-order valence-corrected chi connectivity index (χ1v) is 7.77. The third-order valence-corrected chi connectivity index (χ3v) is 4.08. The van der Waals surface area contributed by atoms with E-state index in [-0.39, 0.29) is 5.91 Å². The summed E-state index contributed by atoms with van der Waals surface area (Å²) in [4.78, 5) is 11.8. The number of carbonyl (C=O) groups is 1. The first kappa shape index (κ1) is 15.8. The predicted molar refractivity (Wildman–Crippen MR) is 82.3 cm³/mol. The molecule has 1 aromatic carbocycles. The highest BCUT2D eigenvalue weighted by atomic mass is 16.5. The van der Waals surface area contributed by atoms with Gasteiger partial charge in [-0.15, -0.1) is 0 Å². The largest absolute Gasteiger partial charge is 0.493 e. The van der Waals surface area contributed by atoms with Gasteiger partial charge in [-0.05, 0) is 31.4 Å². The van der Waals surface area contributed by atoms with Gasteiger partial charge in [-0.3, -0.25) is 4.79 Å². The fourth-order valence-electron chi connectivity index (χ4n) is 2.71. The summed E-state index contributed by atoms with van der Waals surface area (Å²) < 4.78 is 5.60. The molecule has 0 radical (unpaired) electrons. The summed E-state index contributed by atoms with van der Waals surface area (Å²) >= 11 is 0. The lowest BCUT2D eigenvalue weighted by Crippen LogP contribution is -2.44. The van der Waals surface area contributed by atoms with Crippen molar-refractivity contribution in [3.63, 3.8) is 0 Å². The van der Waals surface area contributed by atoms with E-state index in [1.54, 1.807) is 0 Å². The van der Waals surface area contributed by atoms with Gasteiger partial charge in [-0.1, -0.05) is 37.5 Å². The molecule has 21 heavy (non-hydrogen) atoms. The first-order valence-electron chi connectivity index (χ1n) is 7.77. The van der Waals surface area contributed by atoms with E-state index in [1.165, 1.54) is 6.42 Å². The van der Waals surface area contributed by atoms with Crippen LogP contribution in [0.3, 0.4) is 0 Å². The molecular weight excluding hydrogens is 266 g/mol. The Bertz CT molecular complexity index is 467. The van der Waals surface area contributed by atoms with Gasteiger partial charge >= 0.3 is 0 Å². The van der Waals surface area contributed by atoms with Crippen LogP contribution in [-0.4, -0.2) is 29.8 Å². The Kier molecular flexibility index (Phi) is 5.62. The number of hydrogen-bond acceptors (Lipinski definition) is 3. The molecule has 1 saturated carbocycles. The molecular formula is C17H25NO3. The molecule has 1 aliphatic carbocycles. The summed E-state index contributed by atoms with van der Waals surface area (Å²) in [6.07, 6.45) is 5.15. The topological polar surface area (TPSA) is 58.6 Å². The number of ether oxygens (including phenoxy) is 1. The van der Waals surface area contributed by atoms with Crippen LogP contribution < -0.4 is 10.1 Å². The average Bonchev–Trinajstić information content (AvgIpc) is 2.48. The molecule has 0 aromatic heterocycles. The van der Waals surface area contributed by atoms with E-state index in [1.807, 2.05) is 31.2 Å². The lowest BCUT2D eigenvalue weighted by atomic mass is 9.85. The maximum atomic E-state index is 11.8. The Labute approximate surface area is 126 Å². The van der Waals surface area contributed by atoms with Crippen molar-refractivity contribution in [2.45, 2.75) is 51.0 Å². The lowest BCUT2D eigenvalue weighted by molar-refractivity contribution is -0.123. The Morgan fingerprint density at radius 2 is 2.00 bits per heavy atom. The Morgan fingerprint density at radius 3 is 2.71 bits per heavy atom. The maximum absolute atomic E-state index is 11.8. The molecule has 4 heteroatoms. The first-order chi connectivity index (χ1) is 10.1. The van der Waals surface area contributed by atoms with Crippen LogP contribution in [0.5, 0.6) is 5.75 Å². The second-order valence-corrected chi connectivity index (χ2v) is 5.93. The van der Waals surface area contributed by atoms with E-state index in [2.05, 4.69) is 5.32 Å². The summed E-state index contributed by atoms with van der Waals surface area (Å²) in [6, 6.07) is 7.76. The summed E-state index contributed by atoms with van der Waals surface area (Å²) in [5.74, 6) is 0.749. The number of para-hydroxylation sites is 1. The third kappa shape index (κ3) is 5.05. The predicted octanol–water partition coefficient (Wildman–Crippen LogP) is 2.58. The van der Waals surface area contributed by atoms with Gasteiger partial charge in [0.05, 0.1) is 18.6 Å². The SMILES string of the molecule is Cc1ccccc1OCCC(=O)NCC1(O)CCCCC1. The van der Waals surface area contributed by atoms with Crippen LogP contribution in [-0.2, 0) is 4.79 Å². The Balaban J connectivity index is 1.67. The zero-order valence-corrected chi connectivity index (χ0v) is 12.7. The number of aryl methyl sites for hydroxylation is 1. The molecule has 0 atom stereocenters. The molecule has 0 heterocycles. The Hall–Kier alpha value is -1.55. The zero-order chi connectivity index (χ0) is 15.1. The van der Waals surface area contributed by atoms with E-state index >= 15 is 0 Å². The van der Waals surface area contributed by atoms with Crippen molar-refractivity contribution in [1.82, 2.24) is 5.32 Å². The molecule has 0 saturated heterocycles. The second kappa shape index (κ2) is 7.46. The van der Waals surface area contributed by atoms with Crippen LogP contribution in [0.1, 0.15) is 44.1 Å². The van der Waals surface area contributed by atoms with Crippen molar-refractivity contribution in [3.8, 4) is 5.75 Å². The molecule has 0 aliphatic heterocycles. The van der Waals surface area contributed by atoms with Gasteiger partial charge in [0.1, 0.15) is 5.75 Å². The summed E-state index contributed by atoms with van der Waals surface area (Å²) in [5.41, 5.74) is 0.361. The van der Waals surface area contributed by atoms with Crippen LogP contribution in [0.2, 0.25) is 0 Å². The minimum atomic E-state index is -0.704. The summed E-state index contributed by atoms with van der Waals surface area (Å²) in [5, 5.41) is 13.1. The van der Waals surface area contributed by atoms with E-state index in [9.17, 15) is 9.90 Å². The summed E-state index contributed by atoms with van der Waals surface area (Å²) in [6.45, 7) is 2.69. The highest BCUT2D eigenvalue weighted by Gasteiger charge is 2.29. The lowest BCUT2D eigenvalue weighted by Gasteiger charge is -2.32. The number of aliphatic hydroxyl groups is 1. The minimum absolute atomic E-state index is 0.0671. The van der Waals surface area contributed by atoms with Crippen molar-refractivity contribution in [3.05, 3.63) is 29.8 Å². The van der Waals surface area contributed by atoms with E-state index in [4.69, 9.17) is 4.74 Å². The fraction of sp³-hybridized carbons (Fsp3) is 0.588. The molecule has 0 bridgehead atoms. The molecule has 2 N–H and O–H groups in total. The Morgan fingerprint density at radius 1 is 1.29 bits per heavy atom. The van der Waals surface area contributed by atoms with Crippen molar-refractivity contribution in [2.24, 2.45) is 0 Å². The third-order valence-electron chi connectivity index (χ3n) is 4.08. The normalized spacial score (nSPS) is 17.2. The van der Waals surface area contributed by atoms with Crippen molar-refractivity contribution in [1.29, 1.82) is 0 Å². The summed E-state index contributed by atoms with van der Waals surface area (Å²) in [7, 11) is 0. The number of carbonyl (C=O) groups excluding carboxylic acids is 1. The molecule has 116 valence electrons. The van der Waals surface area contributed by atoms with Crippen LogP contribution in [0.15, 0.2) is 24.3 Å². The maximum Gasteiger partial charge on any atom is 0.223 e. The number of rotatable bonds is 6. The van der Waals surface area contributed by atoms with Gasteiger partial charge in [0.15, 0.2) is 0 Å². The number of nitrogens with one attached hydrogen (secondary N) is 1. The quantitative estimate of drug-likeness (QED) is 0.847. The van der Waals surface area contributed by atoms with Crippen LogP contribution in [0.25, 0.3) is 0 Å². The van der Waals surface area contributed by atoms with Crippen molar-refractivity contribution in [2.75, 3.05) is 13.2 Å². The van der Waals surface area contributed by atoms with Gasteiger partial charge in [0.25, 0.3) is 0 Å². The molecule has 1 aliphatic rings. The molecule has 0 spiro atoms. The molecule has 1 aromatic rings. The fourth-order valence-corrected chi connectivity index (χ4v) is 2.71. The van der Waals surface area contributed by atoms with E-state index in [0.717, 1.165) is 37.0 Å². The van der Waals surface area contributed by atoms with E-state index in [0.29, 0.717) is 19.6 Å². The highest BCUT2D eigenvalue weighted by molar-refractivity contribution is 5.76. The molecule has 1 amide bonds. The zero-order valence-electron chi connectivity index (χ0n) is 12.7. The number of hydrogen-bond donors (Lipinski definition) is 2. The average molecular weight is 291 g/mol. The number of benzene rings is 1. The van der Waals surface area contributed by atoms with Gasteiger partial charge in [-0.2, -0.15) is 0 Å². The second-order valence-electron chi connectivity index (χ2n) is 5.93. The van der Waals surface area contributed by atoms with Gasteiger partial charge < -0.3 is 15.2 Å². The van der Waals surface area contributed by atoms with Crippen LogP contribution in [0.4, 0.5) is 0 Å². The van der Waals surface area contributed by atoms with Crippen molar-refractivity contribution < 1.29 is 14.6 Å². The van der Waals surface area contributed by atoms with E-state index < -0.39 is 5.60 Å². The molecule has 4 nitrogen and oxygen atoms in total. The van der Waals surface area contributed by atoms with Crippen LogP contribution >= 0.6 is 0 Å². The van der Waals surface area contributed by atoms with Crippen LogP contribution in [0, 0.1) is 6.92 Å². The van der Waals surface area contributed by atoms with Gasteiger partial charge in [0.2, 0.25) is 5.91 Å². The molecule has 0 unspecified atom stereocenters. The van der Waals surface area contributed by atoms with Gasteiger partial charge in [0, 0.05) is 6.54 Å². The van der Waals surface area contributed by atoms with Crippen molar-refractivity contribution >= 4 is 5.91 Å². The standard InChI is InChI=1S/C17H25NO3/c1-14-7-3-4-8-15(14)21-12-9-16(19)18-13-17(20)10-5-2-6-11-17/h3-4,7-8,20H,2,5-6,9-13H2,1H3,(H,18,19). The number of amides is 1. The smallest absolute Gasteiger partial charge is 0.223 e. The monoisotopic (exact) mass is 291 g/mol.